The van der Waals surface area contributed by atoms with Crippen molar-refractivity contribution in [1.82, 2.24) is 10.5 Å². The van der Waals surface area contributed by atoms with E-state index in [1.165, 1.54) is 0 Å². The van der Waals surface area contributed by atoms with Gasteiger partial charge in [0.2, 0.25) is 0 Å². The Morgan fingerprint density at radius 1 is 1.27 bits per heavy atom. The van der Waals surface area contributed by atoms with Crippen LogP contribution in [0.15, 0.2) is 28.8 Å². The number of ether oxygens (including phenoxy) is 2. The number of benzene rings is 1. The molecule has 7 nitrogen and oxygen atoms in total. The monoisotopic (exact) mass is 358 g/mol. The van der Waals surface area contributed by atoms with Gasteiger partial charge >= 0.3 is 5.97 Å². The molecule has 1 aromatic heterocycles. The van der Waals surface area contributed by atoms with Gasteiger partial charge < -0.3 is 19.3 Å². The number of amides is 1. The molecule has 0 aliphatic heterocycles. The smallest absolute Gasteiger partial charge is 0.338 e. The summed E-state index contributed by atoms with van der Waals surface area (Å²) < 4.78 is 16.0. The van der Waals surface area contributed by atoms with E-state index in [9.17, 15) is 9.59 Å². The van der Waals surface area contributed by atoms with Gasteiger partial charge in [-0.2, -0.15) is 0 Å². The van der Waals surface area contributed by atoms with E-state index in [-0.39, 0.29) is 11.9 Å². The van der Waals surface area contributed by atoms with E-state index in [1.807, 2.05) is 13.8 Å². The van der Waals surface area contributed by atoms with E-state index >= 15 is 0 Å². The van der Waals surface area contributed by atoms with Gasteiger partial charge in [-0.15, -0.1) is 0 Å². The molecule has 138 valence electrons. The number of carbonyl (C=O) groups excluding carboxylic acids is 2. The average Bonchev–Trinajstić information content (AvgIpc) is 3.38. The predicted octanol–water partition coefficient (Wildman–Crippen LogP) is 2.69. The minimum Gasteiger partial charge on any atom is -0.489 e. The van der Waals surface area contributed by atoms with Gasteiger partial charge in [0, 0.05) is 6.04 Å². The summed E-state index contributed by atoms with van der Waals surface area (Å²) >= 11 is 0. The Hall–Kier alpha value is -2.83. The zero-order valence-corrected chi connectivity index (χ0v) is 15.1. The molecule has 1 amide bonds. The zero-order valence-electron chi connectivity index (χ0n) is 15.1. The van der Waals surface area contributed by atoms with Crippen molar-refractivity contribution in [2.75, 3.05) is 0 Å². The minimum atomic E-state index is -0.821. The Morgan fingerprint density at radius 2 is 1.96 bits per heavy atom. The molecule has 1 aromatic carbocycles. The first-order chi connectivity index (χ1) is 12.4. The molecule has 0 bridgehead atoms. The summed E-state index contributed by atoms with van der Waals surface area (Å²) in [5.74, 6) is 0.531. The van der Waals surface area contributed by atoms with Crippen molar-refractivity contribution in [2.24, 2.45) is 0 Å². The molecule has 0 unspecified atom stereocenters. The lowest BCUT2D eigenvalue weighted by Crippen LogP contribution is -2.37. The quantitative estimate of drug-likeness (QED) is 0.765. The largest absolute Gasteiger partial charge is 0.489 e. The highest BCUT2D eigenvalue weighted by atomic mass is 16.5. The Balaban J connectivity index is 1.53. The molecule has 0 saturated heterocycles. The number of rotatable bonds is 7. The van der Waals surface area contributed by atoms with Crippen molar-refractivity contribution in [3.8, 4) is 5.75 Å². The maximum Gasteiger partial charge on any atom is 0.338 e. The molecule has 3 rings (SSSR count). The molecular weight excluding hydrogens is 336 g/mol. The summed E-state index contributed by atoms with van der Waals surface area (Å²) in [4.78, 5) is 24.0. The Morgan fingerprint density at radius 3 is 2.54 bits per heavy atom. The number of aromatic nitrogens is 1. The number of carbonyl (C=O) groups is 2. The molecule has 1 aliphatic rings. The lowest BCUT2D eigenvalue weighted by Gasteiger charge is -2.13. The van der Waals surface area contributed by atoms with Gasteiger partial charge in [0.25, 0.3) is 5.91 Å². The molecule has 1 saturated carbocycles. The Kier molecular flexibility index (Phi) is 5.25. The zero-order chi connectivity index (χ0) is 18.7. The molecule has 1 heterocycles. The molecule has 1 N–H and O–H groups in total. The van der Waals surface area contributed by atoms with Crippen LogP contribution >= 0.6 is 0 Å². The maximum atomic E-state index is 12.1. The normalized spacial score (nSPS) is 14.6. The van der Waals surface area contributed by atoms with Crippen LogP contribution in [0, 0.1) is 13.8 Å². The van der Waals surface area contributed by atoms with Crippen molar-refractivity contribution < 1.29 is 23.6 Å². The summed E-state index contributed by atoms with van der Waals surface area (Å²) in [5, 5.41) is 6.69. The lowest BCUT2D eigenvalue weighted by atomic mass is 10.2. The molecule has 1 atom stereocenters. The molecule has 2 aromatic rings. The van der Waals surface area contributed by atoms with Gasteiger partial charge in [-0.3, -0.25) is 4.79 Å². The summed E-state index contributed by atoms with van der Waals surface area (Å²) in [6.45, 7) is 5.59. The first-order valence-electron chi connectivity index (χ1n) is 8.60. The number of nitrogens with one attached hydrogen (secondary N) is 1. The minimum absolute atomic E-state index is 0.234. The molecule has 7 heteroatoms. The highest BCUT2D eigenvalue weighted by Gasteiger charge is 2.27. The van der Waals surface area contributed by atoms with E-state index in [2.05, 4.69) is 10.5 Å². The van der Waals surface area contributed by atoms with Crippen LogP contribution in [0.2, 0.25) is 0 Å². The number of esters is 1. The molecule has 0 radical (unpaired) electrons. The van der Waals surface area contributed by atoms with Gasteiger partial charge in [0.05, 0.1) is 16.8 Å². The van der Waals surface area contributed by atoms with E-state index in [4.69, 9.17) is 14.0 Å². The summed E-state index contributed by atoms with van der Waals surface area (Å²) in [6, 6.07) is 6.82. The van der Waals surface area contributed by atoms with Gasteiger partial charge in [-0.05, 0) is 57.9 Å². The second-order valence-corrected chi connectivity index (χ2v) is 6.45. The fourth-order valence-electron chi connectivity index (χ4n) is 2.38. The van der Waals surface area contributed by atoms with Crippen molar-refractivity contribution in [3.05, 3.63) is 46.8 Å². The van der Waals surface area contributed by atoms with Crippen LogP contribution < -0.4 is 10.1 Å². The van der Waals surface area contributed by atoms with Gasteiger partial charge in [0.1, 0.15) is 18.1 Å². The van der Waals surface area contributed by atoms with E-state index in [1.54, 1.807) is 31.2 Å². The fourth-order valence-corrected chi connectivity index (χ4v) is 2.38. The van der Waals surface area contributed by atoms with Crippen LogP contribution in [0.4, 0.5) is 0 Å². The average molecular weight is 358 g/mol. The van der Waals surface area contributed by atoms with Gasteiger partial charge in [0.15, 0.2) is 6.10 Å². The Bertz CT molecular complexity index is 773. The summed E-state index contributed by atoms with van der Waals surface area (Å²) in [6.07, 6.45) is 1.16. The number of hydrogen-bond acceptors (Lipinski definition) is 6. The van der Waals surface area contributed by atoms with Crippen LogP contribution in [0.25, 0.3) is 0 Å². The van der Waals surface area contributed by atoms with Crippen molar-refractivity contribution in [3.63, 3.8) is 0 Å². The van der Waals surface area contributed by atoms with Crippen LogP contribution in [0.3, 0.4) is 0 Å². The van der Waals surface area contributed by atoms with Gasteiger partial charge in [-0.25, -0.2) is 4.79 Å². The predicted molar refractivity (Wildman–Crippen MR) is 92.8 cm³/mol. The van der Waals surface area contributed by atoms with E-state index in [0.29, 0.717) is 17.9 Å². The fraction of sp³-hybridized carbons (Fsp3) is 0.421. The van der Waals surface area contributed by atoms with Crippen molar-refractivity contribution in [1.29, 1.82) is 0 Å². The standard InChI is InChI=1S/C19H22N2O5/c1-11-17(12(2)26-21-11)10-24-16-8-4-14(5-9-16)19(23)25-13(3)18(22)20-15-6-7-15/h4-5,8-9,13,15H,6-7,10H2,1-3H3,(H,20,22)/t13-/m0/s1. The van der Waals surface area contributed by atoms with Crippen LogP contribution in [0.5, 0.6) is 5.75 Å². The summed E-state index contributed by atoms with van der Waals surface area (Å²) in [7, 11) is 0. The first kappa shape index (κ1) is 18.0. The lowest BCUT2D eigenvalue weighted by molar-refractivity contribution is -0.129. The highest BCUT2D eigenvalue weighted by molar-refractivity contribution is 5.92. The van der Waals surface area contributed by atoms with Crippen LogP contribution in [0.1, 0.15) is 47.1 Å². The van der Waals surface area contributed by atoms with E-state index < -0.39 is 12.1 Å². The van der Waals surface area contributed by atoms with Crippen LogP contribution in [-0.4, -0.2) is 29.2 Å². The molecule has 26 heavy (non-hydrogen) atoms. The highest BCUT2D eigenvalue weighted by Crippen LogP contribution is 2.20. The first-order valence-corrected chi connectivity index (χ1v) is 8.60. The second kappa shape index (κ2) is 7.59. The topological polar surface area (TPSA) is 90.7 Å². The SMILES string of the molecule is Cc1noc(C)c1COc1ccc(C(=O)O[C@@H](C)C(=O)NC2CC2)cc1. The summed E-state index contributed by atoms with van der Waals surface area (Å²) in [5.41, 5.74) is 2.06. The van der Waals surface area contributed by atoms with E-state index in [0.717, 1.165) is 29.9 Å². The second-order valence-electron chi connectivity index (χ2n) is 6.45. The third-order valence-corrected chi connectivity index (χ3v) is 4.23. The van der Waals surface area contributed by atoms with Crippen molar-refractivity contribution >= 4 is 11.9 Å². The number of aryl methyl sites for hydroxylation is 2. The molecule has 1 fully saturated rings. The number of hydrogen-bond donors (Lipinski definition) is 1. The third-order valence-electron chi connectivity index (χ3n) is 4.23. The van der Waals surface area contributed by atoms with Gasteiger partial charge in [-0.1, -0.05) is 5.16 Å². The molecule has 0 spiro atoms. The van der Waals surface area contributed by atoms with Crippen molar-refractivity contribution in [2.45, 2.75) is 52.4 Å². The molecule has 1 aliphatic carbocycles. The molecular formula is C19H22N2O5. The van der Waals surface area contributed by atoms with Crippen LogP contribution in [-0.2, 0) is 16.1 Å². The number of nitrogens with zero attached hydrogens (tertiary/aromatic N) is 1. The Labute approximate surface area is 151 Å². The third kappa shape index (κ3) is 4.41. The maximum absolute atomic E-state index is 12.1.